The number of para-hydroxylation sites is 1. The van der Waals surface area contributed by atoms with Crippen LogP contribution in [-0.4, -0.2) is 24.8 Å². The first-order valence-corrected chi connectivity index (χ1v) is 14.0. The average Bonchev–Trinajstić information content (AvgIpc) is 3.20. The van der Waals surface area contributed by atoms with Crippen LogP contribution in [0.1, 0.15) is 22.8 Å². The molecule has 36 heavy (non-hydrogen) atoms. The number of benzene rings is 3. The third kappa shape index (κ3) is 4.57. The summed E-state index contributed by atoms with van der Waals surface area (Å²) in [6.45, 7) is 1.47. The number of hydrogen-bond donors (Lipinski definition) is 1. The summed E-state index contributed by atoms with van der Waals surface area (Å²) < 4.78 is 27.9. The van der Waals surface area contributed by atoms with Crippen molar-refractivity contribution >= 4 is 79.3 Å². The van der Waals surface area contributed by atoms with Crippen LogP contribution in [0.25, 0.3) is 17.0 Å². The molecule has 3 aromatic carbocycles. The number of carbonyl (C=O) groups is 2. The van der Waals surface area contributed by atoms with Crippen LogP contribution in [-0.2, 0) is 20.4 Å². The summed E-state index contributed by atoms with van der Waals surface area (Å²) in [6, 6.07) is 16.8. The fraction of sp³-hybridized carbons (Fsp3) is 0.0769. The van der Waals surface area contributed by atoms with Crippen molar-refractivity contribution in [1.82, 2.24) is 4.57 Å². The third-order valence-electron chi connectivity index (χ3n) is 5.77. The summed E-state index contributed by atoms with van der Waals surface area (Å²) in [5, 5.41) is 4.20. The number of fused-ring (bicyclic) bond motifs is 2. The van der Waals surface area contributed by atoms with Crippen LogP contribution in [0.4, 0.5) is 5.69 Å². The predicted octanol–water partition coefficient (Wildman–Crippen LogP) is 6.67. The molecule has 0 spiro atoms. The maximum atomic E-state index is 13.2. The second-order valence-electron chi connectivity index (χ2n) is 8.17. The predicted molar refractivity (Wildman–Crippen MR) is 144 cm³/mol. The van der Waals surface area contributed by atoms with Gasteiger partial charge in [-0.15, -0.1) is 0 Å². The summed E-state index contributed by atoms with van der Waals surface area (Å²) in [5.74, 6) is -0.810. The van der Waals surface area contributed by atoms with E-state index in [0.29, 0.717) is 26.6 Å². The van der Waals surface area contributed by atoms with Gasteiger partial charge in [-0.05, 0) is 42.5 Å². The molecule has 1 aromatic heterocycles. The second-order valence-corrected chi connectivity index (χ2v) is 12.1. The SMILES string of the molecule is CC(=O)n1cc(/C=C2/Sc3cc(S(=O)(=O)Cc4c(Cl)cccc4Cl)ccc3NC2=O)c2ccccc21. The van der Waals surface area contributed by atoms with E-state index >= 15 is 0 Å². The number of thioether (sulfide) groups is 1. The van der Waals surface area contributed by atoms with Crippen molar-refractivity contribution < 1.29 is 18.0 Å². The van der Waals surface area contributed by atoms with E-state index in [9.17, 15) is 18.0 Å². The Morgan fingerprint density at radius 1 is 1.06 bits per heavy atom. The van der Waals surface area contributed by atoms with Crippen LogP contribution in [0.15, 0.2) is 81.6 Å². The van der Waals surface area contributed by atoms with Crippen LogP contribution >= 0.6 is 35.0 Å². The fourth-order valence-electron chi connectivity index (χ4n) is 3.99. The molecule has 0 radical (unpaired) electrons. The van der Waals surface area contributed by atoms with Gasteiger partial charge in [-0.2, -0.15) is 0 Å². The molecule has 0 fully saturated rings. The summed E-state index contributed by atoms with van der Waals surface area (Å²) in [6.07, 6.45) is 3.40. The van der Waals surface area contributed by atoms with E-state index in [1.54, 1.807) is 36.5 Å². The first kappa shape index (κ1) is 24.6. The minimum Gasteiger partial charge on any atom is -0.320 e. The summed E-state index contributed by atoms with van der Waals surface area (Å²) in [7, 11) is -3.77. The summed E-state index contributed by atoms with van der Waals surface area (Å²) in [4.78, 5) is 25.9. The molecule has 182 valence electrons. The second kappa shape index (κ2) is 9.44. The first-order valence-electron chi connectivity index (χ1n) is 10.8. The Bertz CT molecular complexity index is 1690. The van der Waals surface area contributed by atoms with Crippen molar-refractivity contribution in [2.75, 3.05) is 5.32 Å². The molecule has 5 rings (SSSR count). The van der Waals surface area contributed by atoms with Crippen molar-refractivity contribution in [1.29, 1.82) is 0 Å². The lowest BCUT2D eigenvalue weighted by molar-refractivity contribution is -0.112. The van der Waals surface area contributed by atoms with E-state index in [2.05, 4.69) is 5.32 Å². The molecule has 0 saturated heterocycles. The molecule has 10 heteroatoms. The lowest BCUT2D eigenvalue weighted by Gasteiger charge is -2.19. The number of rotatable bonds is 4. The van der Waals surface area contributed by atoms with Gasteiger partial charge in [-0.1, -0.05) is 59.2 Å². The normalized spacial score (nSPS) is 14.6. The Morgan fingerprint density at radius 2 is 1.78 bits per heavy atom. The standard InChI is InChI=1S/C26H18Cl2N2O4S2/c1-15(31)30-13-16(18-5-2-3-8-23(18)30)11-25-26(32)29-22-10-9-17(12-24(22)35-25)36(33,34)14-19-20(27)6-4-7-21(19)28/h2-13H,14H2,1H3,(H,29,32)/b25-11+. The number of anilines is 1. The van der Waals surface area contributed by atoms with Gasteiger partial charge in [0.25, 0.3) is 5.91 Å². The summed E-state index contributed by atoms with van der Waals surface area (Å²) in [5.41, 5.74) is 2.30. The Labute approximate surface area is 221 Å². The molecule has 0 aliphatic carbocycles. The number of aromatic nitrogens is 1. The molecule has 6 nitrogen and oxygen atoms in total. The van der Waals surface area contributed by atoms with Gasteiger partial charge in [0.05, 0.1) is 26.8 Å². The number of carbonyl (C=O) groups excluding carboxylic acids is 2. The van der Waals surface area contributed by atoms with Crippen LogP contribution in [0.3, 0.4) is 0 Å². The van der Waals surface area contributed by atoms with Crippen molar-refractivity contribution in [3.63, 3.8) is 0 Å². The quantitative estimate of drug-likeness (QED) is 0.284. The lowest BCUT2D eigenvalue weighted by Crippen LogP contribution is -2.17. The van der Waals surface area contributed by atoms with Gasteiger partial charge >= 0.3 is 0 Å². The Morgan fingerprint density at radius 3 is 2.50 bits per heavy atom. The van der Waals surface area contributed by atoms with Crippen LogP contribution in [0.5, 0.6) is 0 Å². The van der Waals surface area contributed by atoms with Gasteiger partial charge in [0.2, 0.25) is 5.91 Å². The summed E-state index contributed by atoms with van der Waals surface area (Å²) >= 11 is 13.5. The van der Waals surface area contributed by atoms with Crippen molar-refractivity contribution in [3.05, 3.63) is 92.9 Å². The molecule has 0 bridgehead atoms. The molecule has 2 heterocycles. The van der Waals surface area contributed by atoms with Gasteiger partial charge in [-0.25, -0.2) is 8.42 Å². The molecule has 0 atom stereocenters. The molecular weight excluding hydrogens is 539 g/mol. The highest BCUT2D eigenvalue weighted by Crippen LogP contribution is 2.41. The van der Waals surface area contributed by atoms with Crippen LogP contribution < -0.4 is 5.32 Å². The zero-order valence-corrected chi connectivity index (χ0v) is 21.9. The van der Waals surface area contributed by atoms with Gasteiger partial charge in [0.15, 0.2) is 9.84 Å². The minimum absolute atomic E-state index is 0.0911. The van der Waals surface area contributed by atoms with Gasteiger partial charge in [-0.3, -0.25) is 14.2 Å². The largest absolute Gasteiger partial charge is 0.320 e. The number of hydrogen-bond acceptors (Lipinski definition) is 5. The molecule has 1 N–H and O–H groups in total. The smallest absolute Gasteiger partial charge is 0.262 e. The molecule has 0 saturated carbocycles. The first-order chi connectivity index (χ1) is 17.1. The molecular formula is C26H18Cl2N2O4S2. The van der Waals surface area contributed by atoms with E-state index < -0.39 is 9.84 Å². The number of sulfone groups is 1. The van der Waals surface area contributed by atoms with Crippen LogP contribution in [0, 0.1) is 0 Å². The topological polar surface area (TPSA) is 85.2 Å². The maximum absolute atomic E-state index is 13.2. The van der Waals surface area contributed by atoms with E-state index in [4.69, 9.17) is 23.2 Å². The van der Waals surface area contributed by atoms with Gasteiger partial charge in [0.1, 0.15) is 0 Å². The maximum Gasteiger partial charge on any atom is 0.262 e. The number of halogens is 2. The molecule has 4 aromatic rings. The van der Waals surface area contributed by atoms with Gasteiger partial charge < -0.3 is 5.32 Å². The van der Waals surface area contributed by atoms with E-state index in [-0.39, 0.29) is 32.5 Å². The molecule has 0 unspecified atom stereocenters. The molecule has 1 amide bonds. The van der Waals surface area contributed by atoms with Crippen molar-refractivity contribution in [2.24, 2.45) is 0 Å². The number of nitrogens with zero attached hydrogens (tertiary/aromatic N) is 1. The van der Waals surface area contributed by atoms with E-state index in [1.165, 1.54) is 35.4 Å². The minimum atomic E-state index is -3.77. The Kier molecular flexibility index (Phi) is 6.46. The van der Waals surface area contributed by atoms with Crippen molar-refractivity contribution in [2.45, 2.75) is 22.5 Å². The highest BCUT2D eigenvalue weighted by molar-refractivity contribution is 8.04. The monoisotopic (exact) mass is 556 g/mol. The number of nitrogens with one attached hydrogen (secondary N) is 1. The van der Waals surface area contributed by atoms with E-state index in [1.807, 2.05) is 24.3 Å². The third-order valence-corrected chi connectivity index (χ3v) is 9.20. The fourth-order valence-corrected chi connectivity index (χ4v) is 7.17. The zero-order chi connectivity index (χ0) is 25.6. The zero-order valence-electron chi connectivity index (χ0n) is 18.8. The van der Waals surface area contributed by atoms with Crippen LogP contribution in [0.2, 0.25) is 10.0 Å². The van der Waals surface area contributed by atoms with Gasteiger partial charge in [0, 0.05) is 44.6 Å². The average molecular weight is 557 g/mol. The van der Waals surface area contributed by atoms with Crippen molar-refractivity contribution in [3.8, 4) is 0 Å². The molecule has 1 aliphatic rings. The highest BCUT2D eigenvalue weighted by atomic mass is 35.5. The number of amides is 1. The lowest BCUT2D eigenvalue weighted by atomic mass is 10.1. The van der Waals surface area contributed by atoms with E-state index in [0.717, 1.165) is 10.9 Å². The highest BCUT2D eigenvalue weighted by Gasteiger charge is 2.26. The molecule has 1 aliphatic heterocycles. The Balaban J connectivity index is 1.51. The Hall–Kier alpha value is -3.04.